The second kappa shape index (κ2) is 6.40. The van der Waals surface area contributed by atoms with Crippen LogP contribution in [-0.4, -0.2) is 24.9 Å². The summed E-state index contributed by atoms with van der Waals surface area (Å²) in [7, 11) is 0. The molecule has 1 aromatic rings. The molecule has 1 aromatic carbocycles. The van der Waals surface area contributed by atoms with Gasteiger partial charge in [0.1, 0.15) is 5.75 Å². The monoisotopic (exact) mass is 263 g/mol. The molecule has 1 aliphatic carbocycles. The third kappa shape index (κ3) is 3.10. The lowest BCUT2D eigenvalue weighted by Gasteiger charge is -2.15. The highest BCUT2D eigenvalue weighted by Gasteiger charge is 2.31. The molecule has 106 valence electrons. The average molecular weight is 263 g/mol. The quantitative estimate of drug-likeness (QED) is 0.774. The van der Waals surface area contributed by atoms with Crippen LogP contribution >= 0.6 is 0 Å². The molecule has 0 bridgehead atoms. The minimum absolute atomic E-state index is 0.284. The van der Waals surface area contributed by atoms with Crippen LogP contribution in [0.3, 0.4) is 0 Å². The van der Waals surface area contributed by atoms with Crippen LogP contribution in [0.25, 0.3) is 0 Å². The number of nitrogens with one attached hydrogen (secondary N) is 1. The van der Waals surface area contributed by atoms with Gasteiger partial charge in [-0.1, -0.05) is 13.0 Å². The number of ether oxygens (including phenoxy) is 1. The Morgan fingerprint density at radius 3 is 2.89 bits per heavy atom. The van der Waals surface area contributed by atoms with Gasteiger partial charge in [-0.3, -0.25) is 0 Å². The minimum Gasteiger partial charge on any atom is -0.508 e. The molecular formula is C16H25NO2. The summed E-state index contributed by atoms with van der Waals surface area (Å²) in [5.41, 5.74) is 3.74. The van der Waals surface area contributed by atoms with E-state index in [4.69, 9.17) is 4.74 Å². The number of hydrogen-bond donors (Lipinski definition) is 2. The van der Waals surface area contributed by atoms with Crippen molar-refractivity contribution in [3.63, 3.8) is 0 Å². The highest BCUT2D eigenvalue weighted by atomic mass is 16.5. The molecule has 0 saturated heterocycles. The fraction of sp³-hybridized carbons (Fsp3) is 0.625. The number of benzene rings is 1. The Morgan fingerprint density at radius 1 is 1.37 bits per heavy atom. The highest BCUT2D eigenvalue weighted by Crippen LogP contribution is 2.45. The molecule has 1 aliphatic rings. The summed E-state index contributed by atoms with van der Waals surface area (Å²) in [5, 5.41) is 13.7. The van der Waals surface area contributed by atoms with Gasteiger partial charge in [0.25, 0.3) is 0 Å². The molecule has 0 fully saturated rings. The summed E-state index contributed by atoms with van der Waals surface area (Å²) in [5.74, 6) is 0.957. The van der Waals surface area contributed by atoms with E-state index in [0.717, 1.165) is 38.2 Å². The van der Waals surface area contributed by atoms with E-state index in [-0.39, 0.29) is 6.04 Å². The zero-order valence-corrected chi connectivity index (χ0v) is 12.2. The maximum atomic E-state index is 10.1. The standard InChI is InChI=1S/C16H25NO2/c1-4-19-9-5-8-17-13-10-12(3)15-11(2)6-7-14(18)16(13)15/h6-7,12-13,17-18H,4-5,8-10H2,1-3H3. The number of phenolic OH excluding ortho intramolecular Hbond substituents is 1. The lowest BCUT2D eigenvalue weighted by Crippen LogP contribution is -2.21. The molecule has 0 saturated carbocycles. The SMILES string of the molecule is CCOCCCNC1CC(C)c2c(C)ccc(O)c21. The van der Waals surface area contributed by atoms with E-state index < -0.39 is 0 Å². The maximum absolute atomic E-state index is 10.1. The van der Waals surface area contributed by atoms with E-state index in [0.29, 0.717) is 11.7 Å². The maximum Gasteiger partial charge on any atom is 0.120 e. The van der Waals surface area contributed by atoms with Crippen molar-refractivity contribution in [2.75, 3.05) is 19.8 Å². The average Bonchev–Trinajstić information content (AvgIpc) is 2.72. The van der Waals surface area contributed by atoms with Crippen molar-refractivity contribution in [1.82, 2.24) is 5.32 Å². The van der Waals surface area contributed by atoms with E-state index in [1.165, 1.54) is 11.1 Å². The Hall–Kier alpha value is -1.06. The van der Waals surface area contributed by atoms with Crippen LogP contribution in [0.2, 0.25) is 0 Å². The fourth-order valence-electron chi connectivity index (χ4n) is 3.12. The summed E-state index contributed by atoms with van der Waals surface area (Å²) in [4.78, 5) is 0. The zero-order valence-electron chi connectivity index (χ0n) is 12.2. The lowest BCUT2D eigenvalue weighted by molar-refractivity contribution is 0.144. The number of rotatable bonds is 6. The Labute approximate surface area is 116 Å². The molecule has 0 aromatic heterocycles. The van der Waals surface area contributed by atoms with Crippen LogP contribution in [0.1, 0.15) is 55.3 Å². The van der Waals surface area contributed by atoms with Gasteiger partial charge in [-0.25, -0.2) is 0 Å². The molecule has 0 aliphatic heterocycles. The molecule has 0 spiro atoms. The van der Waals surface area contributed by atoms with Crippen LogP contribution in [0.4, 0.5) is 0 Å². The van der Waals surface area contributed by atoms with Gasteiger partial charge in [-0.2, -0.15) is 0 Å². The fourth-order valence-corrected chi connectivity index (χ4v) is 3.12. The third-order valence-electron chi connectivity index (χ3n) is 3.97. The summed E-state index contributed by atoms with van der Waals surface area (Å²) >= 11 is 0. The van der Waals surface area contributed by atoms with Gasteiger partial charge in [0.15, 0.2) is 0 Å². The molecule has 2 unspecified atom stereocenters. The van der Waals surface area contributed by atoms with Gasteiger partial charge >= 0.3 is 0 Å². The first kappa shape index (κ1) is 14.4. The molecule has 3 nitrogen and oxygen atoms in total. The largest absolute Gasteiger partial charge is 0.508 e. The highest BCUT2D eigenvalue weighted by molar-refractivity contribution is 5.50. The molecule has 0 amide bonds. The van der Waals surface area contributed by atoms with E-state index in [9.17, 15) is 5.11 Å². The normalized spacial score (nSPS) is 21.6. The predicted octanol–water partition coefficient (Wildman–Crippen LogP) is 3.27. The van der Waals surface area contributed by atoms with Gasteiger partial charge in [-0.15, -0.1) is 0 Å². The first-order valence-corrected chi connectivity index (χ1v) is 7.28. The van der Waals surface area contributed by atoms with Gasteiger partial charge in [0.2, 0.25) is 0 Å². The molecule has 3 heteroatoms. The van der Waals surface area contributed by atoms with Gasteiger partial charge in [-0.05, 0) is 56.3 Å². The minimum atomic E-state index is 0.284. The Balaban J connectivity index is 2.01. The number of phenols is 1. The van der Waals surface area contributed by atoms with Gasteiger partial charge in [0, 0.05) is 24.8 Å². The summed E-state index contributed by atoms with van der Waals surface area (Å²) in [6, 6.07) is 4.12. The van der Waals surface area contributed by atoms with Crippen molar-refractivity contribution in [2.24, 2.45) is 0 Å². The van der Waals surface area contributed by atoms with Crippen LogP contribution < -0.4 is 5.32 Å². The molecule has 0 heterocycles. The van der Waals surface area contributed by atoms with E-state index >= 15 is 0 Å². The van der Waals surface area contributed by atoms with Crippen LogP contribution in [0, 0.1) is 6.92 Å². The van der Waals surface area contributed by atoms with Gasteiger partial charge in [0.05, 0.1) is 0 Å². The number of aromatic hydroxyl groups is 1. The summed E-state index contributed by atoms with van der Waals surface area (Å²) in [6.07, 6.45) is 2.09. The smallest absolute Gasteiger partial charge is 0.120 e. The topological polar surface area (TPSA) is 41.5 Å². The molecule has 19 heavy (non-hydrogen) atoms. The van der Waals surface area contributed by atoms with Crippen molar-refractivity contribution >= 4 is 0 Å². The van der Waals surface area contributed by atoms with Crippen molar-refractivity contribution in [1.29, 1.82) is 0 Å². The first-order valence-electron chi connectivity index (χ1n) is 7.28. The number of aryl methyl sites for hydroxylation is 1. The van der Waals surface area contributed by atoms with Crippen LogP contribution in [0.15, 0.2) is 12.1 Å². The Morgan fingerprint density at radius 2 is 2.16 bits per heavy atom. The van der Waals surface area contributed by atoms with Crippen molar-refractivity contribution in [3.8, 4) is 5.75 Å². The van der Waals surface area contributed by atoms with E-state index in [2.05, 4.69) is 19.2 Å². The first-order chi connectivity index (χ1) is 9.15. The number of fused-ring (bicyclic) bond motifs is 1. The van der Waals surface area contributed by atoms with E-state index in [1.54, 1.807) is 0 Å². The van der Waals surface area contributed by atoms with Crippen LogP contribution in [0.5, 0.6) is 5.75 Å². The molecule has 2 N–H and O–H groups in total. The molecule has 2 rings (SSSR count). The second-order valence-electron chi connectivity index (χ2n) is 5.42. The summed E-state index contributed by atoms with van der Waals surface area (Å²) in [6.45, 7) is 8.91. The van der Waals surface area contributed by atoms with Crippen molar-refractivity contribution in [2.45, 2.75) is 45.6 Å². The van der Waals surface area contributed by atoms with Crippen molar-refractivity contribution in [3.05, 3.63) is 28.8 Å². The number of hydrogen-bond acceptors (Lipinski definition) is 3. The third-order valence-corrected chi connectivity index (χ3v) is 3.97. The van der Waals surface area contributed by atoms with Crippen molar-refractivity contribution < 1.29 is 9.84 Å². The zero-order chi connectivity index (χ0) is 13.8. The summed E-state index contributed by atoms with van der Waals surface area (Å²) < 4.78 is 5.34. The van der Waals surface area contributed by atoms with E-state index in [1.807, 2.05) is 19.1 Å². The Kier molecular flexibility index (Phi) is 4.83. The lowest BCUT2D eigenvalue weighted by atomic mass is 9.97. The van der Waals surface area contributed by atoms with Gasteiger partial charge < -0.3 is 15.2 Å². The molecule has 0 radical (unpaired) electrons. The molecule has 2 atom stereocenters. The van der Waals surface area contributed by atoms with Crippen LogP contribution in [-0.2, 0) is 4.74 Å². The second-order valence-corrected chi connectivity index (χ2v) is 5.42. The molecular weight excluding hydrogens is 238 g/mol. The predicted molar refractivity (Wildman–Crippen MR) is 77.7 cm³/mol. The Bertz CT molecular complexity index is 431.